The molecule has 6 rings (SSSR count). The van der Waals surface area contributed by atoms with Crippen molar-refractivity contribution in [1.82, 2.24) is 19.3 Å². The first-order valence-electron chi connectivity index (χ1n) is 14.3. The highest BCUT2D eigenvalue weighted by molar-refractivity contribution is 5.85. The highest BCUT2D eigenvalue weighted by Gasteiger charge is 2.28. The molecule has 0 atom stereocenters. The lowest BCUT2D eigenvalue weighted by Crippen LogP contribution is -2.40. The normalized spacial score (nSPS) is 21.2. The van der Waals surface area contributed by atoms with E-state index in [0.717, 1.165) is 83.7 Å². The van der Waals surface area contributed by atoms with Crippen LogP contribution in [0.2, 0.25) is 0 Å². The Labute approximate surface area is 235 Å². The second kappa shape index (κ2) is 11.7. The van der Waals surface area contributed by atoms with Gasteiger partial charge in [-0.15, -0.1) is 0 Å². The summed E-state index contributed by atoms with van der Waals surface area (Å²) in [6.45, 7) is 9.34. The predicted octanol–water partition coefficient (Wildman–Crippen LogP) is 3.78. The Hall–Kier alpha value is -3.94. The van der Waals surface area contributed by atoms with Crippen molar-refractivity contribution < 1.29 is 4.74 Å². The van der Waals surface area contributed by atoms with E-state index in [0.29, 0.717) is 17.4 Å². The monoisotopic (exact) mass is 534 g/mol. The summed E-state index contributed by atoms with van der Waals surface area (Å²) in [5.41, 5.74) is 17.2. The Balaban J connectivity index is 1.26. The quantitative estimate of drug-likeness (QED) is 0.391. The molecule has 0 bridgehead atoms. The molecule has 4 N–H and O–H groups in total. The summed E-state index contributed by atoms with van der Waals surface area (Å²) in [5, 5.41) is 1.92. The van der Waals surface area contributed by atoms with Gasteiger partial charge in [-0.25, -0.2) is 9.97 Å². The lowest BCUT2D eigenvalue weighted by molar-refractivity contribution is 0.0273. The van der Waals surface area contributed by atoms with Crippen molar-refractivity contribution >= 4 is 29.7 Å². The van der Waals surface area contributed by atoms with E-state index in [4.69, 9.17) is 21.2 Å². The summed E-state index contributed by atoms with van der Waals surface area (Å²) in [6, 6.07) is 16.2. The first-order chi connectivity index (χ1) is 19.6. The van der Waals surface area contributed by atoms with Gasteiger partial charge in [0.2, 0.25) is 0 Å². The van der Waals surface area contributed by atoms with E-state index in [1.165, 1.54) is 19.4 Å². The Morgan fingerprint density at radius 2 is 1.82 bits per heavy atom. The maximum Gasteiger partial charge on any atom is 0.150 e. The molecule has 0 radical (unpaired) electrons. The molecular weight excluding hydrogens is 496 g/mol. The number of nitrogens with zero attached hydrogens (tertiary/aromatic N) is 4. The van der Waals surface area contributed by atoms with Crippen LogP contribution in [0.5, 0.6) is 0 Å². The molecule has 1 aliphatic heterocycles. The van der Waals surface area contributed by atoms with Crippen molar-refractivity contribution in [3.63, 3.8) is 0 Å². The summed E-state index contributed by atoms with van der Waals surface area (Å²) >= 11 is 0. The van der Waals surface area contributed by atoms with Gasteiger partial charge in [0.15, 0.2) is 0 Å². The van der Waals surface area contributed by atoms with Gasteiger partial charge in [0.05, 0.1) is 13.2 Å². The second-order valence-electron chi connectivity index (χ2n) is 11.0. The molecular formula is C33H38N6O. The van der Waals surface area contributed by atoms with Gasteiger partial charge in [-0.3, -0.25) is 9.30 Å². The van der Waals surface area contributed by atoms with E-state index in [1.807, 2.05) is 48.7 Å². The zero-order valence-electron chi connectivity index (χ0n) is 23.0. The van der Waals surface area contributed by atoms with Crippen molar-refractivity contribution in [2.75, 3.05) is 38.6 Å². The molecule has 7 nitrogen and oxygen atoms in total. The van der Waals surface area contributed by atoms with Crippen molar-refractivity contribution in [3.8, 4) is 11.3 Å². The molecule has 0 unspecified atom stereocenters. The van der Waals surface area contributed by atoms with Crippen LogP contribution in [0.1, 0.15) is 43.0 Å². The van der Waals surface area contributed by atoms with E-state index < -0.39 is 0 Å². The largest absolute Gasteiger partial charge is 0.398 e. The number of allylic oxidation sites excluding steroid dienone is 1. The smallest absolute Gasteiger partial charge is 0.150 e. The summed E-state index contributed by atoms with van der Waals surface area (Å²) in [4.78, 5) is 12.2. The molecule has 2 aromatic heterocycles. The number of hydrogen-bond donors (Lipinski definition) is 2. The minimum Gasteiger partial charge on any atom is -0.398 e. The second-order valence-corrected chi connectivity index (χ2v) is 11.0. The van der Waals surface area contributed by atoms with E-state index in [2.05, 4.69) is 39.1 Å². The Bertz CT molecular complexity index is 1610. The molecule has 1 aliphatic carbocycles. The van der Waals surface area contributed by atoms with E-state index >= 15 is 0 Å². The van der Waals surface area contributed by atoms with Crippen LogP contribution in [0.25, 0.3) is 35.1 Å². The number of nitrogen functional groups attached to an aromatic ring is 1. The fourth-order valence-electron chi connectivity index (χ4n) is 6.15. The molecule has 2 aliphatic rings. The van der Waals surface area contributed by atoms with Gasteiger partial charge in [-0.05, 0) is 59.7 Å². The number of fused-ring (bicyclic) bond motifs is 1. The molecule has 1 saturated heterocycles. The third-order valence-electron chi connectivity index (χ3n) is 8.41. The van der Waals surface area contributed by atoms with Crippen LogP contribution in [-0.2, 0) is 4.74 Å². The Morgan fingerprint density at radius 3 is 2.58 bits per heavy atom. The highest BCUT2D eigenvalue weighted by atomic mass is 16.5. The molecule has 1 saturated carbocycles. The number of nitrogens with two attached hydrogens (primary N) is 2. The van der Waals surface area contributed by atoms with E-state index in [-0.39, 0.29) is 0 Å². The van der Waals surface area contributed by atoms with Crippen LogP contribution >= 0.6 is 0 Å². The lowest BCUT2D eigenvalue weighted by Gasteiger charge is -2.34. The number of morpholine rings is 1. The predicted molar refractivity (Wildman–Crippen MR) is 163 cm³/mol. The van der Waals surface area contributed by atoms with Gasteiger partial charge < -0.3 is 16.2 Å². The van der Waals surface area contributed by atoms with Gasteiger partial charge in [-0.2, -0.15) is 0 Å². The molecule has 3 heterocycles. The molecule has 4 aromatic rings. The maximum atomic E-state index is 6.44. The number of benzene rings is 2. The zero-order chi connectivity index (χ0) is 27.5. The number of anilines is 1. The van der Waals surface area contributed by atoms with E-state index in [9.17, 15) is 0 Å². The number of hydrogen-bond acceptors (Lipinski definition) is 6. The van der Waals surface area contributed by atoms with Crippen molar-refractivity contribution in [1.29, 1.82) is 0 Å². The average Bonchev–Trinajstić information content (AvgIpc) is 3.39. The van der Waals surface area contributed by atoms with Crippen molar-refractivity contribution in [2.45, 2.75) is 31.6 Å². The summed E-state index contributed by atoms with van der Waals surface area (Å²) < 4.78 is 7.69. The van der Waals surface area contributed by atoms with Gasteiger partial charge in [-0.1, -0.05) is 55.1 Å². The van der Waals surface area contributed by atoms with Crippen LogP contribution in [0.4, 0.5) is 5.82 Å². The van der Waals surface area contributed by atoms with Crippen LogP contribution in [0, 0.1) is 5.92 Å². The SMILES string of the molecule is C=c1cc(-c2nc([C@H]3CC[C@H](CN4CCOCC4)CC3)n3ccnc(N)c23)cc/c1=C/C=C(\N)c1ccccc1. The molecule has 2 fully saturated rings. The Kier molecular flexibility index (Phi) is 7.66. The fourth-order valence-corrected chi connectivity index (χ4v) is 6.15. The molecule has 206 valence electrons. The van der Waals surface area contributed by atoms with Crippen molar-refractivity contribution in [3.05, 3.63) is 88.8 Å². The van der Waals surface area contributed by atoms with Crippen LogP contribution in [0.3, 0.4) is 0 Å². The fraction of sp³-hybridized carbons (Fsp3) is 0.333. The van der Waals surface area contributed by atoms with Gasteiger partial charge in [0, 0.05) is 49.2 Å². The minimum atomic E-state index is 0.405. The molecule has 0 amide bonds. The molecule has 7 heteroatoms. The Morgan fingerprint density at radius 1 is 1.05 bits per heavy atom. The number of aromatic nitrogens is 3. The molecule has 2 aromatic carbocycles. The van der Waals surface area contributed by atoms with Gasteiger partial charge >= 0.3 is 0 Å². The lowest BCUT2D eigenvalue weighted by atomic mass is 9.81. The topological polar surface area (TPSA) is 94.7 Å². The van der Waals surface area contributed by atoms with Crippen molar-refractivity contribution in [2.24, 2.45) is 11.7 Å². The highest BCUT2D eigenvalue weighted by Crippen LogP contribution is 2.38. The van der Waals surface area contributed by atoms with E-state index in [1.54, 1.807) is 6.20 Å². The first-order valence-corrected chi connectivity index (χ1v) is 14.3. The summed E-state index contributed by atoms with van der Waals surface area (Å²) in [7, 11) is 0. The first kappa shape index (κ1) is 26.3. The third-order valence-corrected chi connectivity index (χ3v) is 8.41. The zero-order valence-corrected chi connectivity index (χ0v) is 23.0. The van der Waals surface area contributed by atoms with Gasteiger partial charge in [0.25, 0.3) is 0 Å². The number of ether oxygens (including phenoxy) is 1. The minimum absolute atomic E-state index is 0.405. The van der Waals surface area contributed by atoms with Crippen LogP contribution in [0.15, 0.2) is 67.0 Å². The summed E-state index contributed by atoms with van der Waals surface area (Å²) in [5.74, 6) is 2.73. The standard InChI is InChI=1S/C33H38N6O/c1-23-21-28(12-11-25(23)13-14-29(34)26-5-3-2-4-6-26)30-31-32(35)36-15-16-39(31)33(37-30)27-9-7-24(8-10-27)22-38-17-19-40-20-18-38/h2-6,11-16,21,24,27H,1,7-10,17-20,22,34H2,(H2,35,36)/b25-13-,29-14-/t24-,27-. The number of rotatable bonds is 6. The molecule has 0 spiro atoms. The van der Waals surface area contributed by atoms with Crippen LogP contribution < -0.4 is 21.9 Å². The van der Waals surface area contributed by atoms with Crippen LogP contribution in [-0.4, -0.2) is 52.1 Å². The molecule has 40 heavy (non-hydrogen) atoms. The van der Waals surface area contributed by atoms with Gasteiger partial charge in [0.1, 0.15) is 22.9 Å². The number of imidazole rings is 1. The summed E-state index contributed by atoms with van der Waals surface area (Å²) in [6.07, 6.45) is 12.4. The average molecular weight is 535 g/mol. The third kappa shape index (κ3) is 5.53. The maximum absolute atomic E-state index is 6.44.